The summed E-state index contributed by atoms with van der Waals surface area (Å²) in [7, 11) is 0. The molecule has 0 unspecified atom stereocenters. The molecule has 1 aliphatic heterocycles. The van der Waals surface area contributed by atoms with Crippen LogP contribution < -0.4 is 6.15 Å². The first-order valence-electron chi connectivity index (χ1n) is 5.12. The highest BCUT2D eigenvalue weighted by Gasteiger charge is 2.10. The van der Waals surface area contributed by atoms with E-state index in [1.54, 1.807) is 0 Å². The van der Waals surface area contributed by atoms with Crippen molar-refractivity contribution in [3.05, 3.63) is 35.4 Å². The molecule has 14 heavy (non-hydrogen) atoms. The minimum absolute atomic E-state index is 0. The average molecular weight is 192 g/mol. The SMILES string of the molecule is Cc1ccc(CN2CCCC2)cc1.N. The molecule has 0 amide bonds. The van der Waals surface area contributed by atoms with E-state index in [0.717, 1.165) is 6.54 Å². The van der Waals surface area contributed by atoms with Crippen LogP contribution in [-0.4, -0.2) is 18.0 Å². The molecule has 0 radical (unpaired) electrons. The molecule has 3 N–H and O–H groups in total. The number of nitrogens with zero attached hydrogens (tertiary/aromatic N) is 1. The van der Waals surface area contributed by atoms with Gasteiger partial charge in [-0.1, -0.05) is 29.8 Å². The molecule has 1 saturated heterocycles. The van der Waals surface area contributed by atoms with E-state index in [1.807, 2.05) is 0 Å². The summed E-state index contributed by atoms with van der Waals surface area (Å²) < 4.78 is 0. The highest BCUT2D eigenvalue weighted by molar-refractivity contribution is 5.21. The standard InChI is InChI=1S/C12H17N.H3N/c1-11-4-6-12(7-5-11)10-13-8-2-3-9-13;/h4-7H,2-3,8-10H2,1H3;1H3. The lowest BCUT2D eigenvalue weighted by molar-refractivity contribution is 0.331. The number of hydrogen-bond donors (Lipinski definition) is 1. The van der Waals surface area contributed by atoms with E-state index in [-0.39, 0.29) is 6.15 Å². The Morgan fingerprint density at radius 3 is 2.21 bits per heavy atom. The fourth-order valence-electron chi connectivity index (χ4n) is 1.89. The molecule has 2 heteroatoms. The lowest BCUT2D eigenvalue weighted by Gasteiger charge is -2.14. The van der Waals surface area contributed by atoms with Crippen molar-refractivity contribution < 1.29 is 0 Å². The monoisotopic (exact) mass is 192 g/mol. The van der Waals surface area contributed by atoms with E-state index in [9.17, 15) is 0 Å². The van der Waals surface area contributed by atoms with Gasteiger partial charge in [-0.2, -0.15) is 0 Å². The first kappa shape index (κ1) is 11.2. The van der Waals surface area contributed by atoms with Crippen molar-refractivity contribution in [2.45, 2.75) is 26.3 Å². The molecule has 1 fully saturated rings. The molecule has 0 aliphatic carbocycles. The molecule has 2 rings (SSSR count). The predicted molar refractivity (Wildman–Crippen MR) is 60.7 cm³/mol. The van der Waals surface area contributed by atoms with Gasteiger partial charge >= 0.3 is 0 Å². The van der Waals surface area contributed by atoms with Crippen molar-refractivity contribution in [1.29, 1.82) is 0 Å². The lowest BCUT2D eigenvalue weighted by atomic mass is 10.1. The van der Waals surface area contributed by atoms with Gasteiger partial charge in [0.2, 0.25) is 0 Å². The Bertz CT molecular complexity index is 260. The molecule has 1 aromatic carbocycles. The van der Waals surface area contributed by atoms with Crippen molar-refractivity contribution >= 4 is 0 Å². The van der Waals surface area contributed by atoms with E-state index < -0.39 is 0 Å². The van der Waals surface area contributed by atoms with Gasteiger partial charge in [0.1, 0.15) is 0 Å². The molecular formula is C12H20N2. The summed E-state index contributed by atoms with van der Waals surface area (Å²) in [5.74, 6) is 0. The van der Waals surface area contributed by atoms with Crippen LogP contribution in [0.2, 0.25) is 0 Å². The molecule has 0 atom stereocenters. The average Bonchev–Trinajstić information content (AvgIpc) is 2.62. The van der Waals surface area contributed by atoms with Crippen molar-refractivity contribution in [1.82, 2.24) is 11.1 Å². The first-order valence-corrected chi connectivity index (χ1v) is 5.12. The maximum Gasteiger partial charge on any atom is 0.0233 e. The van der Waals surface area contributed by atoms with Crippen molar-refractivity contribution in [3.8, 4) is 0 Å². The predicted octanol–water partition coefficient (Wildman–Crippen LogP) is 2.75. The molecule has 0 spiro atoms. The van der Waals surface area contributed by atoms with Gasteiger partial charge in [-0.3, -0.25) is 4.90 Å². The second-order valence-electron chi connectivity index (χ2n) is 3.97. The Hall–Kier alpha value is -0.860. The van der Waals surface area contributed by atoms with Crippen LogP contribution in [-0.2, 0) is 6.54 Å². The Morgan fingerprint density at radius 1 is 1.07 bits per heavy atom. The molecule has 0 aromatic heterocycles. The summed E-state index contributed by atoms with van der Waals surface area (Å²) in [5, 5.41) is 0. The third-order valence-corrected chi connectivity index (χ3v) is 2.73. The third-order valence-electron chi connectivity index (χ3n) is 2.73. The van der Waals surface area contributed by atoms with E-state index in [2.05, 4.69) is 36.1 Å². The van der Waals surface area contributed by atoms with Gasteiger partial charge in [0.15, 0.2) is 0 Å². The van der Waals surface area contributed by atoms with Gasteiger partial charge in [0.25, 0.3) is 0 Å². The minimum Gasteiger partial charge on any atom is -0.344 e. The number of aryl methyl sites for hydroxylation is 1. The molecule has 1 aromatic rings. The molecular weight excluding hydrogens is 172 g/mol. The molecule has 2 nitrogen and oxygen atoms in total. The molecule has 1 heterocycles. The zero-order valence-electron chi connectivity index (χ0n) is 9.00. The third kappa shape index (κ3) is 2.82. The van der Waals surface area contributed by atoms with Gasteiger partial charge in [0, 0.05) is 6.54 Å². The van der Waals surface area contributed by atoms with E-state index in [0.29, 0.717) is 0 Å². The number of rotatable bonds is 2. The summed E-state index contributed by atoms with van der Waals surface area (Å²) in [6, 6.07) is 8.89. The molecule has 0 saturated carbocycles. The number of benzene rings is 1. The summed E-state index contributed by atoms with van der Waals surface area (Å²) in [5.41, 5.74) is 2.80. The molecule has 1 aliphatic rings. The quantitative estimate of drug-likeness (QED) is 0.782. The van der Waals surface area contributed by atoms with Gasteiger partial charge in [0.05, 0.1) is 0 Å². The van der Waals surface area contributed by atoms with E-state index >= 15 is 0 Å². The summed E-state index contributed by atoms with van der Waals surface area (Å²) in [4.78, 5) is 2.53. The summed E-state index contributed by atoms with van der Waals surface area (Å²) in [6.45, 7) is 5.85. The molecule has 78 valence electrons. The van der Waals surface area contributed by atoms with Crippen molar-refractivity contribution in [2.24, 2.45) is 0 Å². The maximum atomic E-state index is 2.53. The largest absolute Gasteiger partial charge is 0.344 e. The normalized spacial score (nSPS) is 16.6. The Labute approximate surface area is 86.5 Å². The van der Waals surface area contributed by atoms with Crippen LogP contribution >= 0.6 is 0 Å². The zero-order chi connectivity index (χ0) is 9.10. The fourth-order valence-corrected chi connectivity index (χ4v) is 1.89. The highest BCUT2D eigenvalue weighted by Crippen LogP contribution is 2.12. The van der Waals surface area contributed by atoms with Gasteiger partial charge in [-0.05, 0) is 38.4 Å². The Morgan fingerprint density at radius 2 is 1.64 bits per heavy atom. The fraction of sp³-hybridized carbons (Fsp3) is 0.500. The van der Waals surface area contributed by atoms with Gasteiger partial charge in [-0.15, -0.1) is 0 Å². The van der Waals surface area contributed by atoms with Crippen molar-refractivity contribution in [2.75, 3.05) is 13.1 Å². The van der Waals surface area contributed by atoms with Crippen LogP contribution in [0.15, 0.2) is 24.3 Å². The highest BCUT2D eigenvalue weighted by atomic mass is 15.1. The van der Waals surface area contributed by atoms with Crippen molar-refractivity contribution in [3.63, 3.8) is 0 Å². The lowest BCUT2D eigenvalue weighted by Crippen LogP contribution is -2.18. The topological polar surface area (TPSA) is 38.2 Å². The number of likely N-dealkylation sites (tertiary alicyclic amines) is 1. The van der Waals surface area contributed by atoms with Crippen LogP contribution in [0.5, 0.6) is 0 Å². The first-order chi connectivity index (χ1) is 6.34. The Kier molecular flexibility index (Phi) is 4.11. The van der Waals surface area contributed by atoms with Crippen LogP contribution in [0.25, 0.3) is 0 Å². The van der Waals surface area contributed by atoms with Crippen LogP contribution in [0.1, 0.15) is 24.0 Å². The summed E-state index contributed by atoms with van der Waals surface area (Å²) >= 11 is 0. The zero-order valence-corrected chi connectivity index (χ0v) is 9.00. The van der Waals surface area contributed by atoms with Gasteiger partial charge in [-0.25, -0.2) is 0 Å². The smallest absolute Gasteiger partial charge is 0.0233 e. The van der Waals surface area contributed by atoms with Gasteiger partial charge < -0.3 is 6.15 Å². The van der Waals surface area contributed by atoms with Crippen LogP contribution in [0.4, 0.5) is 0 Å². The second-order valence-corrected chi connectivity index (χ2v) is 3.97. The Balaban J connectivity index is 0.000000980. The molecule has 0 bridgehead atoms. The number of hydrogen-bond acceptors (Lipinski definition) is 2. The summed E-state index contributed by atoms with van der Waals surface area (Å²) in [6.07, 6.45) is 2.76. The maximum absolute atomic E-state index is 2.53. The van der Waals surface area contributed by atoms with E-state index in [1.165, 1.54) is 37.1 Å². The minimum atomic E-state index is 0. The van der Waals surface area contributed by atoms with Crippen LogP contribution in [0.3, 0.4) is 0 Å². The van der Waals surface area contributed by atoms with E-state index in [4.69, 9.17) is 0 Å². The van der Waals surface area contributed by atoms with Crippen LogP contribution in [0, 0.1) is 6.92 Å². The second kappa shape index (κ2) is 5.13.